The van der Waals surface area contributed by atoms with E-state index in [0.717, 1.165) is 10.8 Å². The summed E-state index contributed by atoms with van der Waals surface area (Å²) in [5, 5.41) is 19.3. The minimum absolute atomic E-state index is 0.200. The molecular weight excluding hydrogens is 282 g/mol. The second-order valence-corrected chi connectivity index (χ2v) is 5.47. The first-order valence-electron chi connectivity index (χ1n) is 6.55. The van der Waals surface area contributed by atoms with E-state index >= 15 is 0 Å². The van der Waals surface area contributed by atoms with Crippen molar-refractivity contribution in [3.63, 3.8) is 0 Å². The van der Waals surface area contributed by atoms with E-state index in [0.29, 0.717) is 11.4 Å². The third-order valence-electron chi connectivity index (χ3n) is 3.25. The van der Waals surface area contributed by atoms with Crippen LogP contribution in [0.5, 0.6) is 5.75 Å². The number of phenolic OH excluding ortho intramolecular Hbond substituents is 1. The van der Waals surface area contributed by atoms with Crippen molar-refractivity contribution < 1.29 is 5.11 Å². The normalized spacial score (nSPS) is 10.8. The van der Waals surface area contributed by atoms with E-state index in [1.54, 1.807) is 12.1 Å². The third kappa shape index (κ3) is 2.52. The van der Waals surface area contributed by atoms with Gasteiger partial charge < -0.3 is 5.11 Å². The lowest BCUT2D eigenvalue weighted by molar-refractivity contribution is 0.476. The van der Waals surface area contributed by atoms with Crippen LogP contribution in [0, 0.1) is 6.92 Å². The van der Waals surface area contributed by atoms with E-state index in [-0.39, 0.29) is 5.75 Å². The summed E-state index contributed by atoms with van der Waals surface area (Å²) in [6, 6.07) is 15.3. The Morgan fingerprint density at radius 2 is 1.71 bits per heavy atom. The van der Waals surface area contributed by atoms with Crippen LogP contribution in [0.15, 0.2) is 53.7 Å². The summed E-state index contributed by atoms with van der Waals surface area (Å²) in [6.07, 6.45) is 1.96. The number of aromatic hydroxyl groups is 1. The second-order valence-electron chi connectivity index (χ2n) is 4.70. The monoisotopic (exact) mass is 297 g/mol. The molecule has 3 aromatic rings. The molecule has 0 bridgehead atoms. The number of para-hydroxylation sites is 1. The maximum Gasteiger partial charge on any atom is 0.195 e. The second kappa shape index (κ2) is 5.61. The molecule has 106 valence electrons. The number of aromatic nitrogens is 3. The van der Waals surface area contributed by atoms with Crippen molar-refractivity contribution in [1.82, 2.24) is 14.8 Å². The minimum Gasteiger partial charge on any atom is -0.507 e. The number of benzene rings is 2. The van der Waals surface area contributed by atoms with Gasteiger partial charge in [0.15, 0.2) is 11.0 Å². The van der Waals surface area contributed by atoms with Gasteiger partial charge in [-0.25, -0.2) is 0 Å². The van der Waals surface area contributed by atoms with Gasteiger partial charge in [-0.1, -0.05) is 41.6 Å². The standard InChI is InChI=1S/C16H15N3OS/c1-11-7-9-12(10-8-11)19-15(17-18-16(19)21-2)13-5-3-4-6-14(13)20/h3-10,20H,1-2H3. The molecular formula is C16H15N3OS. The van der Waals surface area contributed by atoms with Gasteiger partial charge in [0.25, 0.3) is 0 Å². The zero-order chi connectivity index (χ0) is 14.8. The highest BCUT2D eigenvalue weighted by molar-refractivity contribution is 7.98. The molecule has 0 radical (unpaired) electrons. The molecule has 0 amide bonds. The summed E-state index contributed by atoms with van der Waals surface area (Å²) in [5.74, 6) is 0.840. The third-order valence-corrected chi connectivity index (χ3v) is 3.88. The Hall–Kier alpha value is -2.27. The first kappa shape index (κ1) is 13.7. The fraction of sp³-hybridized carbons (Fsp3) is 0.125. The minimum atomic E-state index is 0.200. The summed E-state index contributed by atoms with van der Waals surface area (Å²) in [5.41, 5.74) is 2.85. The molecule has 0 aliphatic rings. The molecule has 21 heavy (non-hydrogen) atoms. The molecule has 0 spiro atoms. The number of nitrogens with zero attached hydrogens (tertiary/aromatic N) is 3. The maximum absolute atomic E-state index is 10.1. The predicted molar refractivity (Wildman–Crippen MR) is 85.0 cm³/mol. The largest absolute Gasteiger partial charge is 0.507 e. The molecule has 4 nitrogen and oxygen atoms in total. The van der Waals surface area contributed by atoms with Crippen LogP contribution in [-0.4, -0.2) is 26.1 Å². The Balaban J connectivity index is 2.22. The molecule has 1 aromatic heterocycles. The highest BCUT2D eigenvalue weighted by Gasteiger charge is 2.17. The van der Waals surface area contributed by atoms with Crippen LogP contribution in [0.2, 0.25) is 0 Å². The van der Waals surface area contributed by atoms with Gasteiger partial charge in [-0.2, -0.15) is 0 Å². The molecule has 5 heteroatoms. The molecule has 0 aliphatic carbocycles. The molecule has 0 atom stereocenters. The summed E-state index contributed by atoms with van der Waals surface area (Å²) >= 11 is 1.52. The van der Waals surface area contributed by atoms with E-state index in [4.69, 9.17) is 0 Å². The van der Waals surface area contributed by atoms with E-state index < -0.39 is 0 Å². The highest BCUT2D eigenvalue weighted by Crippen LogP contribution is 2.31. The van der Waals surface area contributed by atoms with Crippen LogP contribution in [-0.2, 0) is 0 Å². The van der Waals surface area contributed by atoms with Crippen LogP contribution in [0.25, 0.3) is 17.1 Å². The zero-order valence-corrected chi connectivity index (χ0v) is 12.6. The maximum atomic E-state index is 10.1. The van der Waals surface area contributed by atoms with Gasteiger partial charge in [0, 0.05) is 5.69 Å². The topological polar surface area (TPSA) is 50.9 Å². The van der Waals surface area contributed by atoms with Crippen LogP contribution < -0.4 is 0 Å². The zero-order valence-electron chi connectivity index (χ0n) is 11.8. The SMILES string of the molecule is CSc1nnc(-c2ccccc2O)n1-c1ccc(C)cc1. The Bertz CT molecular complexity index is 765. The number of phenols is 1. The van der Waals surface area contributed by atoms with Crippen LogP contribution in [0.4, 0.5) is 0 Å². The van der Waals surface area contributed by atoms with Crippen molar-refractivity contribution in [1.29, 1.82) is 0 Å². The Labute approximate surface area is 127 Å². The number of hydrogen-bond donors (Lipinski definition) is 1. The van der Waals surface area contributed by atoms with Crippen molar-refractivity contribution in [2.24, 2.45) is 0 Å². The fourth-order valence-electron chi connectivity index (χ4n) is 2.17. The fourth-order valence-corrected chi connectivity index (χ4v) is 2.66. The average molecular weight is 297 g/mol. The average Bonchev–Trinajstić information content (AvgIpc) is 2.92. The number of thioether (sulfide) groups is 1. The van der Waals surface area contributed by atoms with Crippen molar-refractivity contribution in [3.8, 4) is 22.8 Å². The Morgan fingerprint density at radius 3 is 2.38 bits per heavy atom. The number of rotatable bonds is 3. The smallest absolute Gasteiger partial charge is 0.195 e. The van der Waals surface area contributed by atoms with Crippen molar-refractivity contribution in [3.05, 3.63) is 54.1 Å². The lowest BCUT2D eigenvalue weighted by Crippen LogP contribution is -1.99. The molecule has 0 unspecified atom stereocenters. The molecule has 0 fully saturated rings. The van der Waals surface area contributed by atoms with Gasteiger partial charge in [0.2, 0.25) is 0 Å². The first-order chi connectivity index (χ1) is 10.2. The van der Waals surface area contributed by atoms with Crippen LogP contribution >= 0.6 is 11.8 Å². The molecule has 0 aliphatic heterocycles. The van der Waals surface area contributed by atoms with E-state index in [1.165, 1.54) is 17.3 Å². The van der Waals surface area contributed by atoms with Gasteiger partial charge in [-0.05, 0) is 37.4 Å². The molecule has 1 N–H and O–H groups in total. The summed E-state index contributed by atoms with van der Waals surface area (Å²) in [6.45, 7) is 2.05. The molecule has 2 aromatic carbocycles. The Kier molecular flexibility index (Phi) is 3.66. The predicted octanol–water partition coefficient (Wildman–Crippen LogP) is 3.67. The van der Waals surface area contributed by atoms with Gasteiger partial charge in [0.05, 0.1) is 5.56 Å². The lowest BCUT2D eigenvalue weighted by atomic mass is 10.1. The first-order valence-corrected chi connectivity index (χ1v) is 7.78. The van der Waals surface area contributed by atoms with Crippen LogP contribution in [0.3, 0.4) is 0 Å². The molecule has 3 rings (SSSR count). The van der Waals surface area contributed by atoms with Crippen molar-refractivity contribution in [2.45, 2.75) is 12.1 Å². The molecule has 0 saturated heterocycles. The Morgan fingerprint density at radius 1 is 1.00 bits per heavy atom. The van der Waals surface area contributed by atoms with Crippen molar-refractivity contribution in [2.75, 3.05) is 6.26 Å². The highest BCUT2D eigenvalue weighted by atomic mass is 32.2. The molecule has 1 heterocycles. The van der Waals surface area contributed by atoms with E-state index in [2.05, 4.69) is 17.1 Å². The summed E-state index contributed by atoms with van der Waals surface area (Å²) < 4.78 is 1.96. The lowest BCUT2D eigenvalue weighted by Gasteiger charge is -2.10. The van der Waals surface area contributed by atoms with Gasteiger partial charge in [0.1, 0.15) is 5.75 Å². The van der Waals surface area contributed by atoms with E-state index in [1.807, 2.05) is 47.2 Å². The summed E-state index contributed by atoms with van der Waals surface area (Å²) in [4.78, 5) is 0. The van der Waals surface area contributed by atoms with E-state index in [9.17, 15) is 5.11 Å². The van der Waals surface area contributed by atoms with Crippen molar-refractivity contribution >= 4 is 11.8 Å². The number of aryl methyl sites for hydroxylation is 1. The van der Waals surface area contributed by atoms with Gasteiger partial charge in [-0.15, -0.1) is 10.2 Å². The van der Waals surface area contributed by atoms with Gasteiger partial charge in [-0.3, -0.25) is 4.57 Å². The summed E-state index contributed by atoms with van der Waals surface area (Å²) in [7, 11) is 0. The molecule has 0 saturated carbocycles. The quantitative estimate of drug-likeness (QED) is 0.749. The van der Waals surface area contributed by atoms with Crippen LogP contribution in [0.1, 0.15) is 5.56 Å². The number of hydrogen-bond acceptors (Lipinski definition) is 4. The van der Waals surface area contributed by atoms with Gasteiger partial charge >= 0.3 is 0 Å².